The maximum absolute atomic E-state index is 14.0. The maximum atomic E-state index is 14.0. The van der Waals surface area contributed by atoms with E-state index in [0.717, 1.165) is 18.5 Å². The van der Waals surface area contributed by atoms with Crippen LogP contribution in [0.4, 0.5) is 4.39 Å². The lowest BCUT2D eigenvalue weighted by Crippen LogP contribution is -2.22. The molecule has 1 atom stereocenters. The van der Waals surface area contributed by atoms with Crippen LogP contribution in [0.1, 0.15) is 36.6 Å². The minimum Gasteiger partial charge on any atom is -0.306 e. The third-order valence-electron chi connectivity index (χ3n) is 3.35. The maximum Gasteiger partial charge on any atom is 0.128 e. The van der Waals surface area contributed by atoms with E-state index in [1.807, 2.05) is 19.1 Å². The van der Waals surface area contributed by atoms with Gasteiger partial charge in [-0.25, -0.2) is 4.39 Å². The summed E-state index contributed by atoms with van der Waals surface area (Å²) in [5, 5.41) is 3.35. The smallest absolute Gasteiger partial charge is 0.128 e. The van der Waals surface area contributed by atoms with Gasteiger partial charge in [0.25, 0.3) is 0 Å². The van der Waals surface area contributed by atoms with Crippen molar-refractivity contribution in [1.82, 2.24) is 5.32 Å². The van der Waals surface area contributed by atoms with E-state index in [4.69, 9.17) is 0 Å². The average Bonchev–Trinajstić information content (AvgIpc) is 2.46. The average molecular weight is 257 g/mol. The van der Waals surface area contributed by atoms with Crippen molar-refractivity contribution >= 4 is 0 Å². The minimum absolute atomic E-state index is 0.0860. The molecule has 0 aliphatic rings. The summed E-state index contributed by atoms with van der Waals surface area (Å²) in [7, 11) is 0. The predicted molar refractivity (Wildman–Crippen MR) is 77.7 cm³/mol. The quantitative estimate of drug-likeness (QED) is 0.850. The second kappa shape index (κ2) is 6.48. The van der Waals surface area contributed by atoms with Gasteiger partial charge in [0.15, 0.2) is 0 Å². The van der Waals surface area contributed by atoms with Crippen molar-refractivity contribution in [2.75, 3.05) is 6.54 Å². The number of nitrogens with one attached hydrogen (secondary N) is 1. The van der Waals surface area contributed by atoms with Gasteiger partial charge in [-0.05, 0) is 30.2 Å². The molecule has 0 bridgehead atoms. The number of rotatable bonds is 5. The summed E-state index contributed by atoms with van der Waals surface area (Å²) in [5.74, 6) is -0.159. The largest absolute Gasteiger partial charge is 0.306 e. The van der Waals surface area contributed by atoms with Crippen LogP contribution in [0.5, 0.6) is 0 Å². The predicted octanol–water partition coefficient (Wildman–Crippen LogP) is 4.09. The first-order valence-electron chi connectivity index (χ1n) is 6.83. The molecule has 0 saturated heterocycles. The molecule has 0 fully saturated rings. The van der Waals surface area contributed by atoms with Crippen LogP contribution in [0, 0.1) is 5.82 Å². The Balaban J connectivity index is 2.36. The molecule has 1 unspecified atom stereocenters. The first-order chi connectivity index (χ1) is 9.26. The topological polar surface area (TPSA) is 12.0 Å². The van der Waals surface area contributed by atoms with Crippen LogP contribution in [0.2, 0.25) is 0 Å². The van der Waals surface area contributed by atoms with Crippen LogP contribution in [-0.2, 0) is 6.42 Å². The van der Waals surface area contributed by atoms with Crippen molar-refractivity contribution in [1.29, 1.82) is 0 Å². The van der Waals surface area contributed by atoms with Crippen molar-refractivity contribution in [2.45, 2.75) is 26.3 Å². The first kappa shape index (κ1) is 13.8. The third kappa shape index (κ3) is 3.21. The van der Waals surface area contributed by atoms with Crippen LogP contribution in [0.25, 0.3) is 0 Å². The van der Waals surface area contributed by atoms with E-state index in [0.29, 0.717) is 5.56 Å². The minimum atomic E-state index is -0.159. The van der Waals surface area contributed by atoms with Crippen LogP contribution < -0.4 is 5.32 Å². The monoisotopic (exact) mass is 257 g/mol. The number of hydrogen-bond acceptors (Lipinski definition) is 1. The standard InChI is InChI=1S/C17H20FN/c1-3-13-9-11-14(12-10-13)17(19-4-2)15-7-5-6-8-16(15)18/h5-12,17,19H,3-4H2,1-2H3. The molecule has 2 heteroatoms. The van der Waals surface area contributed by atoms with Gasteiger partial charge in [-0.3, -0.25) is 0 Å². The van der Waals surface area contributed by atoms with Gasteiger partial charge in [0.1, 0.15) is 5.82 Å². The highest BCUT2D eigenvalue weighted by molar-refractivity contribution is 5.34. The lowest BCUT2D eigenvalue weighted by molar-refractivity contribution is 0.559. The van der Waals surface area contributed by atoms with E-state index in [2.05, 4.69) is 36.5 Å². The summed E-state index contributed by atoms with van der Waals surface area (Å²) < 4.78 is 14.0. The fraction of sp³-hybridized carbons (Fsp3) is 0.294. The van der Waals surface area contributed by atoms with E-state index < -0.39 is 0 Å². The zero-order valence-corrected chi connectivity index (χ0v) is 11.5. The van der Waals surface area contributed by atoms with Gasteiger partial charge >= 0.3 is 0 Å². The molecular formula is C17H20FN. The van der Waals surface area contributed by atoms with E-state index in [1.54, 1.807) is 6.07 Å². The second-order valence-electron chi connectivity index (χ2n) is 4.61. The molecule has 19 heavy (non-hydrogen) atoms. The van der Waals surface area contributed by atoms with E-state index in [1.165, 1.54) is 11.6 Å². The molecule has 0 radical (unpaired) electrons. The van der Waals surface area contributed by atoms with Crippen molar-refractivity contribution in [2.24, 2.45) is 0 Å². The third-order valence-corrected chi connectivity index (χ3v) is 3.35. The van der Waals surface area contributed by atoms with Gasteiger partial charge < -0.3 is 5.32 Å². The van der Waals surface area contributed by atoms with Crippen LogP contribution in [0.15, 0.2) is 48.5 Å². The molecule has 1 N–H and O–H groups in total. The van der Waals surface area contributed by atoms with Gasteiger partial charge in [0, 0.05) is 5.56 Å². The van der Waals surface area contributed by atoms with E-state index >= 15 is 0 Å². The van der Waals surface area contributed by atoms with Gasteiger partial charge in [-0.15, -0.1) is 0 Å². The Hall–Kier alpha value is -1.67. The summed E-state index contributed by atoms with van der Waals surface area (Å²) in [6.45, 7) is 4.97. The van der Waals surface area contributed by atoms with Gasteiger partial charge in [0.2, 0.25) is 0 Å². The first-order valence-corrected chi connectivity index (χ1v) is 6.83. The lowest BCUT2D eigenvalue weighted by atomic mass is 9.97. The van der Waals surface area contributed by atoms with Crippen LogP contribution in [0.3, 0.4) is 0 Å². The number of benzene rings is 2. The molecule has 2 rings (SSSR count). The van der Waals surface area contributed by atoms with Crippen molar-refractivity contribution < 1.29 is 4.39 Å². The van der Waals surface area contributed by atoms with Crippen molar-refractivity contribution in [3.8, 4) is 0 Å². The Bertz CT molecular complexity index is 519. The fourth-order valence-corrected chi connectivity index (χ4v) is 2.27. The van der Waals surface area contributed by atoms with Crippen molar-refractivity contribution in [3.63, 3.8) is 0 Å². The fourth-order valence-electron chi connectivity index (χ4n) is 2.27. The highest BCUT2D eigenvalue weighted by Crippen LogP contribution is 2.24. The Kier molecular flexibility index (Phi) is 4.69. The molecule has 0 spiro atoms. The summed E-state index contributed by atoms with van der Waals surface area (Å²) in [6, 6.07) is 15.3. The summed E-state index contributed by atoms with van der Waals surface area (Å²) in [5.41, 5.74) is 3.10. The lowest BCUT2D eigenvalue weighted by Gasteiger charge is -2.19. The van der Waals surface area contributed by atoms with E-state index in [9.17, 15) is 4.39 Å². The van der Waals surface area contributed by atoms with Gasteiger partial charge in [-0.1, -0.05) is 56.3 Å². The molecule has 0 saturated carbocycles. The van der Waals surface area contributed by atoms with Crippen molar-refractivity contribution in [3.05, 3.63) is 71.0 Å². The zero-order chi connectivity index (χ0) is 13.7. The number of hydrogen-bond donors (Lipinski definition) is 1. The molecular weight excluding hydrogens is 237 g/mol. The van der Waals surface area contributed by atoms with E-state index in [-0.39, 0.29) is 11.9 Å². The molecule has 0 amide bonds. The van der Waals surface area contributed by atoms with Gasteiger partial charge in [0.05, 0.1) is 6.04 Å². The summed E-state index contributed by atoms with van der Waals surface area (Å²) >= 11 is 0. The Morgan fingerprint density at radius 2 is 1.68 bits per heavy atom. The number of aryl methyl sites for hydroxylation is 1. The SMILES string of the molecule is CCNC(c1ccc(CC)cc1)c1ccccc1F. The zero-order valence-electron chi connectivity index (χ0n) is 11.5. The van der Waals surface area contributed by atoms with Crippen LogP contribution >= 0.6 is 0 Å². The molecule has 1 nitrogen and oxygen atoms in total. The molecule has 2 aromatic carbocycles. The Morgan fingerprint density at radius 3 is 2.26 bits per heavy atom. The summed E-state index contributed by atoms with van der Waals surface area (Å²) in [6.07, 6.45) is 1.02. The van der Waals surface area contributed by atoms with Crippen LogP contribution in [-0.4, -0.2) is 6.54 Å². The normalized spacial score (nSPS) is 12.4. The highest BCUT2D eigenvalue weighted by atomic mass is 19.1. The molecule has 0 aliphatic heterocycles. The number of halogens is 1. The second-order valence-corrected chi connectivity index (χ2v) is 4.61. The molecule has 0 aliphatic carbocycles. The van der Waals surface area contributed by atoms with Gasteiger partial charge in [-0.2, -0.15) is 0 Å². The molecule has 0 heterocycles. The highest BCUT2D eigenvalue weighted by Gasteiger charge is 2.16. The summed E-state index contributed by atoms with van der Waals surface area (Å²) in [4.78, 5) is 0. The Morgan fingerprint density at radius 1 is 1.00 bits per heavy atom. The molecule has 100 valence electrons. The molecule has 0 aromatic heterocycles. The molecule has 2 aromatic rings. The Labute approximate surface area is 114 Å².